The topological polar surface area (TPSA) is 56.7 Å². The zero-order chi connectivity index (χ0) is 13.0. The Hall–Kier alpha value is -1.33. The van der Waals surface area contributed by atoms with Gasteiger partial charge in [0.2, 0.25) is 0 Å². The van der Waals surface area contributed by atoms with Gasteiger partial charge in [0.25, 0.3) is 0 Å². The molecule has 0 saturated heterocycles. The first kappa shape index (κ1) is 13.1. The van der Waals surface area contributed by atoms with Gasteiger partial charge in [0.1, 0.15) is 6.33 Å². The number of rotatable bonds is 5. The van der Waals surface area contributed by atoms with Crippen LogP contribution in [0.3, 0.4) is 0 Å². The lowest BCUT2D eigenvalue weighted by atomic mass is 10.0. The Morgan fingerprint density at radius 1 is 1.33 bits per heavy atom. The molecular formula is C13H18N4S. The number of thioether (sulfide) groups is 1. The van der Waals surface area contributed by atoms with Crippen LogP contribution in [0.25, 0.3) is 0 Å². The quantitative estimate of drug-likeness (QED) is 0.841. The molecule has 0 aliphatic carbocycles. The molecule has 0 saturated carbocycles. The smallest absolute Gasteiger partial charge is 0.186 e. The van der Waals surface area contributed by atoms with Gasteiger partial charge in [0, 0.05) is 18.3 Å². The number of hydrogen-bond acceptors (Lipinski definition) is 4. The maximum atomic E-state index is 6.34. The minimum absolute atomic E-state index is 0.0119. The molecule has 5 heteroatoms. The molecule has 0 bridgehead atoms. The Balaban J connectivity index is 2.12. The first-order valence-electron chi connectivity index (χ1n) is 6.03. The highest BCUT2D eigenvalue weighted by atomic mass is 32.2. The largest absolute Gasteiger partial charge is 0.323 e. The second-order valence-electron chi connectivity index (χ2n) is 4.17. The molecule has 1 aromatic heterocycles. The van der Waals surface area contributed by atoms with Crippen LogP contribution in [0, 0.1) is 0 Å². The number of nitrogens with two attached hydrogens (primary N) is 1. The lowest BCUT2D eigenvalue weighted by molar-refractivity contribution is 0.641. The van der Waals surface area contributed by atoms with Gasteiger partial charge in [0.15, 0.2) is 5.16 Å². The summed E-state index contributed by atoms with van der Waals surface area (Å²) in [7, 11) is 1.90. The summed E-state index contributed by atoms with van der Waals surface area (Å²) in [6.07, 6.45) is 2.57. The van der Waals surface area contributed by atoms with Crippen molar-refractivity contribution < 1.29 is 0 Å². The van der Waals surface area contributed by atoms with E-state index in [1.165, 1.54) is 5.56 Å². The van der Waals surface area contributed by atoms with E-state index in [4.69, 9.17) is 5.73 Å². The van der Waals surface area contributed by atoms with Crippen LogP contribution in [-0.2, 0) is 7.05 Å². The summed E-state index contributed by atoms with van der Waals surface area (Å²) in [5, 5.41) is 5.29. The third-order valence-corrected chi connectivity index (χ3v) is 4.42. The standard InChI is InChI=1S/C13H18N4S/c1-3-11(18-13-15-9-16-17(13)2)12(14)10-7-5-4-6-8-10/h4-9,11-12H,3,14H2,1-2H3. The maximum Gasteiger partial charge on any atom is 0.186 e. The fourth-order valence-electron chi connectivity index (χ4n) is 1.83. The minimum atomic E-state index is 0.0119. The van der Waals surface area contributed by atoms with E-state index in [0.717, 1.165) is 11.6 Å². The predicted molar refractivity (Wildman–Crippen MR) is 74.3 cm³/mol. The molecule has 0 spiro atoms. The van der Waals surface area contributed by atoms with Crippen LogP contribution >= 0.6 is 11.8 Å². The molecule has 4 nitrogen and oxygen atoms in total. The van der Waals surface area contributed by atoms with E-state index in [0.29, 0.717) is 5.25 Å². The number of nitrogens with zero attached hydrogens (tertiary/aromatic N) is 3. The van der Waals surface area contributed by atoms with Crippen LogP contribution in [0.15, 0.2) is 41.8 Å². The maximum absolute atomic E-state index is 6.34. The molecule has 2 atom stereocenters. The molecule has 0 aliphatic heterocycles. The number of hydrogen-bond donors (Lipinski definition) is 1. The van der Waals surface area contributed by atoms with Gasteiger partial charge in [-0.05, 0) is 12.0 Å². The van der Waals surface area contributed by atoms with Gasteiger partial charge in [-0.25, -0.2) is 9.67 Å². The number of aromatic nitrogens is 3. The fourth-order valence-corrected chi connectivity index (χ4v) is 2.88. The van der Waals surface area contributed by atoms with Crippen LogP contribution < -0.4 is 5.73 Å². The first-order valence-corrected chi connectivity index (χ1v) is 6.91. The van der Waals surface area contributed by atoms with Crippen LogP contribution in [0.5, 0.6) is 0 Å². The van der Waals surface area contributed by atoms with Crippen molar-refractivity contribution in [1.29, 1.82) is 0 Å². The Kier molecular flexibility index (Phi) is 4.38. The molecular weight excluding hydrogens is 244 g/mol. The molecule has 2 aromatic rings. The third kappa shape index (κ3) is 2.91. The van der Waals surface area contributed by atoms with Crippen molar-refractivity contribution in [3.8, 4) is 0 Å². The van der Waals surface area contributed by atoms with Crippen LogP contribution in [0.2, 0.25) is 0 Å². The average molecular weight is 262 g/mol. The van der Waals surface area contributed by atoms with E-state index in [2.05, 4.69) is 29.1 Å². The minimum Gasteiger partial charge on any atom is -0.323 e. The molecule has 0 amide bonds. The average Bonchev–Trinajstić information content (AvgIpc) is 2.81. The summed E-state index contributed by atoms with van der Waals surface area (Å²) in [6, 6.07) is 10.2. The van der Waals surface area contributed by atoms with E-state index < -0.39 is 0 Å². The van der Waals surface area contributed by atoms with Gasteiger partial charge in [-0.1, -0.05) is 49.0 Å². The molecule has 0 fully saturated rings. The van der Waals surface area contributed by atoms with E-state index in [9.17, 15) is 0 Å². The van der Waals surface area contributed by atoms with Crippen molar-refractivity contribution in [1.82, 2.24) is 14.8 Å². The van der Waals surface area contributed by atoms with Crippen molar-refractivity contribution in [2.75, 3.05) is 0 Å². The summed E-state index contributed by atoms with van der Waals surface area (Å²) in [5.41, 5.74) is 7.50. The van der Waals surface area contributed by atoms with Gasteiger partial charge >= 0.3 is 0 Å². The van der Waals surface area contributed by atoms with Gasteiger partial charge in [-0.3, -0.25) is 0 Å². The fraction of sp³-hybridized carbons (Fsp3) is 0.385. The zero-order valence-corrected chi connectivity index (χ0v) is 11.5. The Morgan fingerprint density at radius 2 is 2.06 bits per heavy atom. The van der Waals surface area contributed by atoms with Gasteiger partial charge in [-0.2, -0.15) is 5.10 Å². The van der Waals surface area contributed by atoms with E-state index in [1.54, 1.807) is 22.8 Å². The molecule has 2 unspecified atom stereocenters. The van der Waals surface area contributed by atoms with Crippen molar-refractivity contribution in [3.05, 3.63) is 42.2 Å². The van der Waals surface area contributed by atoms with E-state index in [-0.39, 0.29) is 6.04 Å². The number of aryl methyl sites for hydroxylation is 1. The van der Waals surface area contributed by atoms with Gasteiger partial charge < -0.3 is 5.73 Å². The van der Waals surface area contributed by atoms with Crippen LogP contribution in [-0.4, -0.2) is 20.0 Å². The highest BCUT2D eigenvalue weighted by Crippen LogP contribution is 2.31. The second kappa shape index (κ2) is 6.02. The van der Waals surface area contributed by atoms with Crippen molar-refractivity contribution in [2.24, 2.45) is 12.8 Å². The second-order valence-corrected chi connectivity index (χ2v) is 5.37. The SMILES string of the molecule is CCC(Sc1ncnn1C)C(N)c1ccccc1. The summed E-state index contributed by atoms with van der Waals surface area (Å²) < 4.78 is 1.78. The van der Waals surface area contributed by atoms with Crippen molar-refractivity contribution in [2.45, 2.75) is 29.8 Å². The molecule has 96 valence electrons. The molecule has 0 radical (unpaired) electrons. The highest BCUT2D eigenvalue weighted by Gasteiger charge is 2.20. The Labute approximate surface area is 112 Å². The monoisotopic (exact) mass is 262 g/mol. The third-order valence-electron chi connectivity index (χ3n) is 2.91. The molecule has 0 aliphatic rings. The summed E-state index contributed by atoms with van der Waals surface area (Å²) in [4.78, 5) is 4.24. The zero-order valence-electron chi connectivity index (χ0n) is 10.7. The lowest BCUT2D eigenvalue weighted by Crippen LogP contribution is -2.23. The normalized spacial score (nSPS) is 14.4. The number of benzene rings is 1. The van der Waals surface area contributed by atoms with Gasteiger partial charge in [-0.15, -0.1) is 0 Å². The van der Waals surface area contributed by atoms with Gasteiger partial charge in [0.05, 0.1) is 0 Å². The van der Waals surface area contributed by atoms with Crippen LogP contribution in [0.1, 0.15) is 24.9 Å². The molecule has 1 heterocycles. The van der Waals surface area contributed by atoms with E-state index >= 15 is 0 Å². The highest BCUT2D eigenvalue weighted by molar-refractivity contribution is 7.99. The molecule has 2 N–H and O–H groups in total. The first-order chi connectivity index (χ1) is 8.72. The molecule has 2 rings (SSSR count). The van der Waals surface area contributed by atoms with E-state index in [1.807, 2.05) is 25.2 Å². The summed E-state index contributed by atoms with van der Waals surface area (Å²) in [6.45, 7) is 2.15. The Bertz CT molecular complexity index is 483. The molecule has 18 heavy (non-hydrogen) atoms. The summed E-state index contributed by atoms with van der Waals surface area (Å²) >= 11 is 1.69. The Morgan fingerprint density at radius 3 is 2.61 bits per heavy atom. The lowest BCUT2D eigenvalue weighted by Gasteiger charge is -2.21. The van der Waals surface area contributed by atoms with Crippen LogP contribution in [0.4, 0.5) is 0 Å². The predicted octanol–water partition coefficient (Wildman–Crippen LogP) is 2.39. The van der Waals surface area contributed by atoms with Crippen molar-refractivity contribution in [3.63, 3.8) is 0 Å². The summed E-state index contributed by atoms with van der Waals surface area (Å²) in [5.74, 6) is 0. The molecule has 1 aromatic carbocycles. The van der Waals surface area contributed by atoms with Crippen molar-refractivity contribution >= 4 is 11.8 Å².